The molecule has 2 N–H and O–H groups in total. The summed E-state index contributed by atoms with van der Waals surface area (Å²) in [4.78, 5) is 20.7. The zero-order valence-electron chi connectivity index (χ0n) is 7.47. The van der Waals surface area contributed by atoms with Crippen molar-refractivity contribution >= 4 is 22.7 Å². The number of carbonyl (C=O) groups is 1. The Morgan fingerprint density at radius 2 is 2.19 bits per heavy atom. The molecule has 0 fully saturated rings. The van der Waals surface area contributed by atoms with Crippen molar-refractivity contribution in [1.29, 1.82) is 0 Å². The fourth-order valence-electron chi connectivity index (χ4n) is 1.27. The Hall–Kier alpha value is -1.77. The van der Waals surface area contributed by atoms with Gasteiger partial charge in [-0.2, -0.15) is 0 Å². The number of nitrogens with zero attached hydrogens (tertiary/aromatic N) is 3. The Morgan fingerprint density at radius 1 is 1.50 bits per heavy atom. The van der Waals surface area contributed by atoms with E-state index in [9.17, 15) is 14.9 Å². The summed E-state index contributed by atoms with van der Waals surface area (Å²) in [6.45, 7) is 0. The number of nitro benzene ring substituents is 1. The van der Waals surface area contributed by atoms with Gasteiger partial charge in [0.15, 0.2) is 5.56 Å². The molecule has 9 heteroatoms. The van der Waals surface area contributed by atoms with Crippen LogP contribution in [0, 0.1) is 10.1 Å². The van der Waals surface area contributed by atoms with Crippen LogP contribution in [0.3, 0.4) is 0 Å². The zero-order valence-corrected chi connectivity index (χ0v) is 8.95. The van der Waals surface area contributed by atoms with Gasteiger partial charge in [-0.25, -0.2) is 4.79 Å². The Labute approximate surface area is 103 Å². The molecule has 0 radical (unpaired) electrons. The summed E-state index contributed by atoms with van der Waals surface area (Å²) < 4.78 is 0. The Kier molecular flexibility index (Phi) is 3.38. The molecule has 1 heterocycles. The van der Waals surface area contributed by atoms with Gasteiger partial charge in [0.05, 0.1) is 10.4 Å². The van der Waals surface area contributed by atoms with E-state index in [1.165, 1.54) is 6.07 Å². The number of rotatable bonds is 2. The normalized spacial score (nSPS) is 9.75. The molecule has 0 bridgehead atoms. The van der Waals surface area contributed by atoms with Crippen LogP contribution >= 0.6 is 0 Å². The predicted octanol–water partition coefficient (Wildman–Crippen LogP) is 0.562. The molecular weight excluding hydrogens is 312 g/mol. The van der Waals surface area contributed by atoms with Gasteiger partial charge in [-0.05, 0) is 6.07 Å². The molecule has 0 atom stereocenters. The van der Waals surface area contributed by atoms with E-state index in [0.717, 1.165) is 6.07 Å². The third-order valence-corrected chi connectivity index (χ3v) is 1.89. The quantitative estimate of drug-likeness (QED) is 0.474. The summed E-state index contributed by atoms with van der Waals surface area (Å²) in [6, 6.07) is 2.46. The number of carboxylic acids is 1. The predicted molar refractivity (Wildman–Crippen MR) is 47.5 cm³/mol. The average molecular weight is 316 g/mol. The molecule has 0 amide bonds. The number of hydrogen-bond acceptors (Lipinski definition) is 5. The van der Waals surface area contributed by atoms with E-state index in [1.807, 2.05) is 0 Å². The fourth-order valence-corrected chi connectivity index (χ4v) is 1.27. The van der Waals surface area contributed by atoms with Crippen molar-refractivity contribution < 1.29 is 37.2 Å². The van der Waals surface area contributed by atoms with Crippen LogP contribution in [0.4, 0.5) is 5.69 Å². The standard InChI is InChI=1S/C7H4N4O4.Ag/c12-7(13)5-4(11(14)15)2-1-3-6(5)9-10-8-3;/h1-2H,(H,12,13)(H,8,9,10);/q;+1. The smallest absolute Gasteiger partial charge is 0.477 e. The maximum atomic E-state index is 10.9. The van der Waals surface area contributed by atoms with Crippen LogP contribution in [0.25, 0.3) is 11.0 Å². The van der Waals surface area contributed by atoms with Crippen LogP contribution in [0.1, 0.15) is 10.4 Å². The number of fused-ring (bicyclic) bond motifs is 1. The number of aromatic carboxylic acids is 1. The molecule has 0 unspecified atom stereocenters. The molecule has 1 aromatic carbocycles. The molecule has 1 aromatic heterocycles. The number of aromatic nitrogens is 3. The second kappa shape index (κ2) is 4.39. The van der Waals surface area contributed by atoms with E-state index in [1.54, 1.807) is 0 Å². The Balaban J connectivity index is 0.00000128. The van der Waals surface area contributed by atoms with Crippen molar-refractivity contribution in [1.82, 2.24) is 15.4 Å². The number of hydrogen-bond donors (Lipinski definition) is 2. The minimum absolute atomic E-state index is 0. The van der Waals surface area contributed by atoms with Crippen molar-refractivity contribution in [2.45, 2.75) is 0 Å². The van der Waals surface area contributed by atoms with Crippen molar-refractivity contribution in [2.75, 3.05) is 0 Å². The molecule has 8 nitrogen and oxygen atoms in total. The average Bonchev–Trinajstić information content (AvgIpc) is 2.62. The summed E-state index contributed by atoms with van der Waals surface area (Å²) >= 11 is 0. The second-order valence-corrected chi connectivity index (χ2v) is 2.73. The molecule has 0 aliphatic carbocycles. The van der Waals surface area contributed by atoms with Gasteiger partial charge in [-0.15, -0.1) is 5.10 Å². The number of benzene rings is 1. The topological polar surface area (TPSA) is 122 Å². The van der Waals surface area contributed by atoms with Crippen LogP contribution in [0.5, 0.6) is 0 Å². The maximum Gasteiger partial charge on any atom is 1.00 e. The van der Waals surface area contributed by atoms with Gasteiger partial charge >= 0.3 is 28.3 Å². The van der Waals surface area contributed by atoms with E-state index >= 15 is 0 Å². The van der Waals surface area contributed by atoms with E-state index in [4.69, 9.17) is 5.11 Å². The molecule has 86 valence electrons. The van der Waals surface area contributed by atoms with Gasteiger partial charge in [0.1, 0.15) is 5.52 Å². The maximum absolute atomic E-state index is 10.9. The van der Waals surface area contributed by atoms with Crippen molar-refractivity contribution in [3.63, 3.8) is 0 Å². The van der Waals surface area contributed by atoms with Gasteiger partial charge in [-0.1, -0.05) is 5.21 Å². The molecule has 0 aliphatic heterocycles. The SMILES string of the molecule is O=C(O)c1c([N+](=O)[O-])ccc2[nH]nnc12.[Ag+]. The summed E-state index contributed by atoms with van der Waals surface area (Å²) in [5, 5.41) is 28.7. The number of nitro groups is 1. The number of H-pyrrole nitrogens is 1. The first kappa shape index (κ1) is 12.3. The third kappa shape index (κ3) is 1.81. The van der Waals surface area contributed by atoms with Crippen LogP contribution in [-0.2, 0) is 22.4 Å². The van der Waals surface area contributed by atoms with Crippen molar-refractivity contribution in [2.24, 2.45) is 0 Å². The molecule has 2 aromatic rings. The summed E-state index contributed by atoms with van der Waals surface area (Å²) in [7, 11) is 0. The number of nitrogens with one attached hydrogen (secondary N) is 1. The van der Waals surface area contributed by atoms with E-state index in [-0.39, 0.29) is 27.9 Å². The summed E-state index contributed by atoms with van der Waals surface area (Å²) in [5.41, 5.74) is -0.621. The van der Waals surface area contributed by atoms with Gasteiger partial charge in [0.2, 0.25) is 0 Å². The Morgan fingerprint density at radius 3 is 2.75 bits per heavy atom. The van der Waals surface area contributed by atoms with Gasteiger partial charge in [-0.3, -0.25) is 15.2 Å². The van der Waals surface area contributed by atoms with Gasteiger partial charge in [0.25, 0.3) is 5.69 Å². The molecular formula is C7H4AgN4O4+. The minimum atomic E-state index is -1.40. The van der Waals surface area contributed by atoms with Gasteiger partial charge < -0.3 is 5.11 Å². The van der Waals surface area contributed by atoms with Crippen LogP contribution < -0.4 is 0 Å². The third-order valence-electron chi connectivity index (χ3n) is 1.89. The molecule has 0 saturated carbocycles. The van der Waals surface area contributed by atoms with E-state index in [2.05, 4.69) is 15.4 Å². The van der Waals surface area contributed by atoms with E-state index < -0.39 is 22.1 Å². The number of carboxylic acid groups (broad SMARTS) is 1. The van der Waals surface area contributed by atoms with Crippen LogP contribution in [-0.4, -0.2) is 31.4 Å². The first-order chi connectivity index (χ1) is 7.11. The first-order valence-electron chi connectivity index (χ1n) is 3.82. The first-order valence-corrected chi connectivity index (χ1v) is 3.82. The van der Waals surface area contributed by atoms with E-state index in [0.29, 0.717) is 5.52 Å². The summed E-state index contributed by atoms with van der Waals surface area (Å²) in [5.74, 6) is -1.40. The van der Waals surface area contributed by atoms with Gasteiger partial charge in [0, 0.05) is 6.07 Å². The molecule has 0 aliphatic rings. The van der Waals surface area contributed by atoms with Crippen LogP contribution in [0.2, 0.25) is 0 Å². The molecule has 0 spiro atoms. The molecule has 16 heavy (non-hydrogen) atoms. The van der Waals surface area contributed by atoms with Crippen LogP contribution in [0.15, 0.2) is 12.1 Å². The molecule has 2 rings (SSSR count). The Bertz CT molecular complexity index is 567. The zero-order chi connectivity index (χ0) is 11.0. The molecule has 0 saturated heterocycles. The summed E-state index contributed by atoms with van der Waals surface area (Å²) in [6.07, 6.45) is 0. The van der Waals surface area contributed by atoms with Crippen molar-refractivity contribution in [3.05, 3.63) is 27.8 Å². The fraction of sp³-hybridized carbons (Fsp3) is 0. The minimum Gasteiger partial charge on any atom is -0.477 e. The number of aromatic amines is 1. The second-order valence-electron chi connectivity index (χ2n) is 2.73. The largest absolute Gasteiger partial charge is 1.00 e. The van der Waals surface area contributed by atoms with Crippen molar-refractivity contribution in [3.8, 4) is 0 Å². The monoisotopic (exact) mass is 315 g/mol.